The maximum atomic E-state index is 12.1. The van der Waals surface area contributed by atoms with Gasteiger partial charge in [0.15, 0.2) is 0 Å². The Kier molecular flexibility index (Phi) is 4.60. The number of aromatic nitrogens is 2. The van der Waals surface area contributed by atoms with E-state index in [2.05, 4.69) is 15.3 Å². The van der Waals surface area contributed by atoms with Crippen molar-refractivity contribution in [3.8, 4) is 0 Å². The van der Waals surface area contributed by atoms with Crippen molar-refractivity contribution in [2.75, 3.05) is 13.1 Å². The zero-order valence-corrected chi connectivity index (χ0v) is 13.3. The third-order valence-corrected chi connectivity index (χ3v) is 4.10. The number of likely N-dealkylation sites (tertiary alicyclic amines) is 1. The van der Waals surface area contributed by atoms with Gasteiger partial charge in [0.1, 0.15) is 5.82 Å². The predicted octanol–water partition coefficient (Wildman–Crippen LogP) is 1.62. The third kappa shape index (κ3) is 3.70. The van der Waals surface area contributed by atoms with Gasteiger partial charge < -0.3 is 15.2 Å². The number of nitrogens with zero attached hydrogens (tertiary/aromatic N) is 2. The molecule has 23 heavy (non-hydrogen) atoms. The van der Waals surface area contributed by atoms with Crippen LogP contribution in [0.25, 0.3) is 11.0 Å². The number of aryl methyl sites for hydroxylation is 1. The summed E-state index contributed by atoms with van der Waals surface area (Å²) in [6.45, 7) is 3.44. The molecule has 1 aromatic heterocycles. The van der Waals surface area contributed by atoms with Crippen molar-refractivity contribution in [1.29, 1.82) is 0 Å². The molecule has 0 bridgehead atoms. The minimum Gasteiger partial charge on any atom is -0.351 e. The van der Waals surface area contributed by atoms with Crippen molar-refractivity contribution in [2.45, 2.75) is 38.6 Å². The lowest BCUT2D eigenvalue weighted by molar-refractivity contribution is -0.127. The molecule has 122 valence electrons. The van der Waals surface area contributed by atoms with E-state index in [1.807, 2.05) is 36.1 Å². The van der Waals surface area contributed by atoms with Crippen LogP contribution in [0.2, 0.25) is 0 Å². The van der Waals surface area contributed by atoms with Crippen molar-refractivity contribution < 1.29 is 9.59 Å². The summed E-state index contributed by atoms with van der Waals surface area (Å²) in [5.41, 5.74) is 1.90. The Morgan fingerprint density at radius 2 is 2.26 bits per heavy atom. The lowest BCUT2D eigenvalue weighted by Crippen LogP contribution is -2.37. The smallest absolute Gasteiger partial charge is 0.224 e. The minimum absolute atomic E-state index is 0.0263. The Morgan fingerprint density at radius 3 is 3.04 bits per heavy atom. The largest absolute Gasteiger partial charge is 0.351 e. The van der Waals surface area contributed by atoms with Crippen molar-refractivity contribution in [2.24, 2.45) is 0 Å². The van der Waals surface area contributed by atoms with Gasteiger partial charge in [0.2, 0.25) is 11.8 Å². The summed E-state index contributed by atoms with van der Waals surface area (Å²) in [5.74, 6) is 0.924. The number of H-pyrrole nitrogens is 1. The van der Waals surface area contributed by atoms with Gasteiger partial charge in [-0.1, -0.05) is 19.1 Å². The molecule has 1 aliphatic rings. The van der Waals surface area contributed by atoms with Crippen LogP contribution in [0.4, 0.5) is 0 Å². The normalized spacial score (nSPS) is 17.9. The highest BCUT2D eigenvalue weighted by atomic mass is 16.2. The van der Waals surface area contributed by atoms with Gasteiger partial charge >= 0.3 is 0 Å². The molecule has 0 spiro atoms. The van der Waals surface area contributed by atoms with Crippen LogP contribution in [0.1, 0.15) is 32.0 Å². The lowest BCUT2D eigenvalue weighted by Gasteiger charge is -2.15. The Hall–Kier alpha value is -2.37. The van der Waals surface area contributed by atoms with Crippen molar-refractivity contribution in [3.05, 3.63) is 30.1 Å². The van der Waals surface area contributed by atoms with Gasteiger partial charge in [-0.05, 0) is 18.6 Å². The third-order valence-electron chi connectivity index (χ3n) is 4.10. The number of fused-ring (bicyclic) bond motifs is 1. The molecule has 2 heterocycles. The summed E-state index contributed by atoms with van der Waals surface area (Å²) in [6.07, 6.45) is 2.30. The summed E-state index contributed by atoms with van der Waals surface area (Å²) in [4.78, 5) is 33.4. The second-order valence-electron chi connectivity index (χ2n) is 6.01. The number of carbonyl (C=O) groups is 2. The van der Waals surface area contributed by atoms with E-state index in [9.17, 15) is 9.59 Å². The van der Waals surface area contributed by atoms with Gasteiger partial charge in [-0.25, -0.2) is 4.98 Å². The number of aromatic amines is 1. The van der Waals surface area contributed by atoms with Crippen LogP contribution in [-0.2, 0) is 16.0 Å². The number of nitrogens with one attached hydrogen (secondary N) is 2. The average molecular weight is 314 g/mol. The molecule has 0 aliphatic carbocycles. The van der Waals surface area contributed by atoms with E-state index in [-0.39, 0.29) is 17.9 Å². The minimum atomic E-state index is -0.0581. The molecule has 2 N–H and O–H groups in total. The average Bonchev–Trinajstić information content (AvgIpc) is 3.09. The Labute approximate surface area is 135 Å². The van der Waals surface area contributed by atoms with Crippen molar-refractivity contribution in [3.63, 3.8) is 0 Å². The molecule has 1 atom stereocenters. The number of hydrogen-bond donors (Lipinski definition) is 2. The van der Waals surface area contributed by atoms with Crippen LogP contribution in [0.5, 0.6) is 0 Å². The lowest BCUT2D eigenvalue weighted by atomic mass is 10.2. The second kappa shape index (κ2) is 6.81. The first kappa shape index (κ1) is 15.5. The fourth-order valence-electron chi connectivity index (χ4n) is 3.01. The van der Waals surface area contributed by atoms with Crippen molar-refractivity contribution >= 4 is 22.8 Å². The fraction of sp³-hybridized carbons (Fsp3) is 0.471. The molecule has 2 amide bonds. The second-order valence-corrected chi connectivity index (χ2v) is 6.01. The monoisotopic (exact) mass is 314 g/mol. The van der Waals surface area contributed by atoms with Crippen molar-refractivity contribution in [1.82, 2.24) is 20.2 Å². The highest BCUT2D eigenvalue weighted by Gasteiger charge is 2.29. The first-order valence-corrected chi connectivity index (χ1v) is 8.16. The molecule has 0 unspecified atom stereocenters. The standard InChI is InChI=1S/C17H22N4O2/c1-2-9-21-11-12(10-17(21)23)18-16(22)8-7-15-19-13-5-3-4-6-14(13)20-15/h3-6,12H,2,7-11H2,1H3,(H,18,22)(H,19,20)/t12-/m0/s1. The van der Waals surface area contributed by atoms with Crippen LogP contribution in [0.3, 0.4) is 0 Å². The molecule has 0 radical (unpaired) electrons. The Morgan fingerprint density at radius 1 is 1.43 bits per heavy atom. The van der Waals surface area contributed by atoms with Crippen LogP contribution < -0.4 is 5.32 Å². The first-order chi connectivity index (χ1) is 11.2. The Bertz CT molecular complexity index is 676. The molecular weight excluding hydrogens is 292 g/mol. The van der Waals surface area contributed by atoms with Crippen LogP contribution >= 0.6 is 0 Å². The SMILES string of the molecule is CCCN1C[C@@H](NC(=O)CCc2nc3ccccc3[nH]2)CC1=O. The topological polar surface area (TPSA) is 78.1 Å². The molecular formula is C17H22N4O2. The molecule has 6 nitrogen and oxygen atoms in total. The van der Waals surface area contributed by atoms with E-state index in [1.165, 1.54) is 0 Å². The van der Waals surface area contributed by atoms with Gasteiger partial charge in [-0.3, -0.25) is 9.59 Å². The highest BCUT2D eigenvalue weighted by molar-refractivity contribution is 5.82. The number of carbonyl (C=O) groups excluding carboxylic acids is 2. The maximum Gasteiger partial charge on any atom is 0.224 e. The molecule has 3 rings (SSSR count). The van der Waals surface area contributed by atoms with E-state index in [4.69, 9.17) is 0 Å². The number of hydrogen-bond acceptors (Lipinski definition) is 3. The first-order valence-electron chi connectivity index (χ1n) is 8.16. The number of imidazole rings is 1. The summed E-state index contributed by atoms with van der Waals surface area (Å²) >= 11 is 0. The van der Waals surface area contributed by atoms with Gasteiger partial charge in [-0.2, -0.15) is 0 Å². The summed E-state index contributed by atoms with van der Waals surface area (Å²) < 4.78 is 0. The predicted molar refractivity (Wildman–Crippen MR) is 87.8 cm³/mol. The van der Waals surface area contributed by atoms with Crippen LogP contribution in [-0.4, -0.2) is 45.8 Å². The van der Waals surface area contributed by atoms with Gasteiger partial charge in [0.25, 0.3) is 0 Å². The zero-order chi connectivity index (χ0) is 16.2. The number of para-hydroxylation sites is 2. The molecule has 2 aromatic rings. The van der Waals surface area contributed by atoms with E-state index in [0.717, 1.165) is 29.8 Å². The van der Waals surface area contributed by atoms with E-state index in [0.29, 0.717) is 25.8 Å². The summed E-state index contributed by atoms with van der Waals surface area (Å²) in [6, 6.07) is 7.76. The highest BCUT2D eigenvalue weighted by Crippen LogP contribution is 2.13. The summed E-state index contributed by atoms with van der Waals surface area (Å²) in [5, 5.41) is 2.96. The molecule has 0 saturated carbocycles. The Balaban J connectivity index is 1.49. The van der Waals surface area contributed by atoms with E-state index < -0.39 is 0 Å². The fourth-order valence-corrected chi connectivity index (χ4v) is 3.01. The number of rotatable bonds is 6. The molecule has 1 aromatic carbocycles. The van der Waals surface area contributed by atoms with Gasteiger partial charge in [-0.15, -0.1) is 0 Å². The number of benzene rings is 1. The van der Waals surface area contributed by atoms with Crippen LogP contribution in [0.15, 0.2) is 24.3 Å². The van der Waals surface area contributed by atoms with Crippen LogP contribution in [0, 0.1) is 0 Å². The van der Waals surface area contributed by atoms with Gasteiger partial charge in [0, 0.05) is 32.4 Å². The van der Waals surface area contributed by atoms with E-state index in [1.54, 1.807) is 0 Å². The quantitative estimate of drug-likeness (QED) is 0.850. The molecule has 1 saturated heterocycles. The van der Waals surface area contributed by atoms with Gasteiger partial charge in [0.05, 0.1) is 17.1 Å². The zero-order valence-electron chi connectivity index (χ0n) is 13.3. The summed E-state index contributed by atoms with van der Waals surface area (Å²) in [7, 11) is 0. The molecule has 1 aliphatic heterocycles. The maximum absolute atomic E-state index is 12.1. The number of amides is 2. The van der Waals surface area contributed by atoms with E-state index >= 15 is 0 Å². The molecule has 6 heteroatoms. The molecule has 1 fully saturated rings.